The molecule has 1 saturated carbocycles. The van der Waals surface area contributed by atoms with Crippen LogP contribution in [0, 0.1) is 31.1 Å². The topological polar surface area (TPSA) is 68.9 Å². The van der Waals surface area contributed by atoms with Gasteiger partial charge in [0.1, 0.15) is 11.9 Å². The summed E-state index contributed by atoms with van der Waals surface area (Å²) in [6.07, 6.45) is 3.20. The predicted octanol–water partition coefficient (Wildman–Crippen LogP) is 2.14. The standard InChI is InChI=1S/C14H19N3O/c1-9-6-10(2)16-14(12(9)7-15)17-13-5-3-4-11(13)8-18/h6,11,13,18H,3-5,8H2,1-2H3,(H,16,17). The average Bonchev–Trinajstić information content (AvgIpc) is 2.76. The maximum Gasteiger partial charge on any atom is 0.144 e. The summed E-state index contributed by atoms with van der Waals surface area (Å²) < 4.78 is 0. The Balaban J connectivity index is 2.26. The largest absolute Gasteiger partial charge is 0.396 e. The third-order valence-corrected chi connectivity index (χ3v) is 3.67. The number of hydrogen-bond donors (Lipinski definition) is 2. The summed E-state index contributed by atoms with van der Waals surface area (Å²) in [4.78, 5) is 4.42. The number of aryl methyl sites for hydroxylation is 2. The highest BCUT2D eigenvalue weighted by Gasteiger charge is 2.27. The van der Waals surface area contributed by atoms with Crippen molar-refractivity contribution in [2.75, 3.05) is 11.9 Å². The van der Waals surface area contributed by atoms with Gasteiger partial charge in [-0.25, -0.2) is 4.98 Å². The second kappa shape index (κ2) is 5.36. The van der Waals surface area contributed by atoms with Crippen LogP contribution in [0.15, 0.2) is 6.07 Å². The molecule has 0 radical (unpaired) electrons. The van der Waals surface area contributed by atoms with E-state index in [0.717, 1.165) is 30.5 Å². The summed E-state index contributed by atoms with van der Waals surface area (Å²) >= 11 is 0. The van der Waals surface area contributed by atoms with E-state index in [2.05, 4.69) is 16.4 Å². The minimum absolute atomic E-state index is 0.199. The average molecular weight is 245 g/mol. The fraction of sp³-hybridized carbons (Fsp3) is 0.571. The number of nitrogens with one attached hydrogen (secondary N) is 1. The number of aliphatic hydroxyl groups is 1. The van der Waals surface area contributed by atoms with Gasteiger partial charge in [-0.3, -0.25) is 0 Å². The molecule has 0 amide bonds. The molecular weight excluding hydrogens is 226 g/mol. The van der Waals surface area contributed by atoms with Crippen molar-refractivity contribution in [2.24, 2.45) is 5.92 Å². The Morgan fingerprint density at radius 1 is 1.50 bits per heavy atom. The molecule has 0 saturated heterocycles. The molecule has 1 aliphatic rings. The summed E-state index contributed by atoms with van der Waals surface area (Å²) in [5.74, 6) is 0.944. The van der Waals surface area contributed by atoms with Crippen LogP contribution in [0.5, 0.6) is 0 Å². The number of pyridine rings is 1. The van der Waals surface area contributed by atoms with E-state index in [-0.39, 0.29) is 18.6 Å². The van der Waals surface area contributed by atoms with Crippen molar-refractivity contribution in [3.63, 3.8) is 0 Å². The second-order valence-corrected chi connectivity index (χ2v) is 5.04. The Labute approximate surface area is 108 Å². The number of nitrogens with zero attached hydrogens (tertiary/aromatic N) is 2. The van der Waals surface area contributed by atoms with Gasteiger partial charge in [0.05, 0.1) is 5.56 Å². The van der Waals surface area contributed by atoms with Gasteiger partial charge in [-0.15, -0.1) is 0 Å². The lowest BCUT2D eigenvalue weighted by atomic mass is 10.0. The molecule has 0 aliphatic heterocycles. The molecule has 4 nitrogen and oxygen atoms in total. The van der Waals surface area contributed by atoms with Gasteiger partial charge in [-0.2, -0.15) is 5.26 Å². The Morgan fingerprint density at radius 3 is 2.94 bits per heavy atom. The van der Waals surface area contributed by atoms with Crippen LogP contribution in [0.1, 0.15) is 36.1 Å². The van der Waals surface area contributed by atoms with E-state index in [9.17, 15) is 10.4 Å². The van der Waals surface area contributed by atoms with Gasteiger partial charge in [0.15, 0.2) is 0 Å². The maximum absolute atomic E-state index is 9.32. The quantitative estimate of drug-likeness (QED) is 0.856. The first-order valence-electron chi connectivity index (χ1n) is 6.41. The molecule has 2 atom stereocenters. The minimum Gasteiger partial charge on any atom is -0.396 e. The van der Waals surface area contributed by atoms with Crippen molar-refractivity contribution < 1.29 is 5.11 Å². The van der Waals surface area contributed by atoms with Crippen LogP contribution < -0.4 is 5.32 Å². The minimum atomic E-state index is 0.199. The zero-order chi connectivity index (χ0) is 13.1. The number of anilines is 1. The Hall–Kier alpha value is -1.60. The van der Waals surface area contributed by atoms with E-state index in [1.54, 1.807) is 0 Å². The zero-order valence-corrected chi connectivity index (χ0v) is 10.9. The molecular formula is C14H19N3O. The molecule has 4 heteroatoms. The van der Waals surface area contributed by atoms with Gasteiger partial charge in [0.25, 0.3) is 0 Å². The van der Waals surface area contributed by atoms with Crippen molar-refractivity contribution in [2.45, 2.75) is 39.2 Å². The monoisotopic (exact) mass is 245 g/mol. The van der Waals surface area contributed by atoms with Crippen LogP contribution in [-0.4, -0.2) is 22.7 Å². The van der Waals surface area contributed by atoms with Gasteiger partial charge in [0.2, 0.25) is 0 Å². The fourth-order valence-corrected chi connectivity index (χ4v) is 2.70. The molecule has 0 aromatic carbocycles. The molecule has 0 spiro atoms. The van der Waals surface area contributed by atoms with Crippen LogP contribution in [0.2, 0.25) is 0 Å². The molecule has 2 unspecified atom stereocenters. The number of aromatic nitrogens is 1. The fourth-order valence-electron chi connectivity index (χ4n) is 2.70. The third kappa shape index (κ3) is 2.46. The van der Waals surface area contributed by atoms with Crippen LogP contribution in [0.4, 0.5) is 5.82 Å². The van der Waals surface area contributed by atoms with Crippen molar-refractivity contribution in [1.29, 1.82) is 5.26 Å². The molecule has 2 rings (SSSR count). The molecule has 2 N–H and O–H groups in total. The zero-order valence-electron chi connectivity index (χ0n) is 10.9. The van der Waals surface area contributed by atoms with E-state index in [1.165, 1.54) is 0 Å². The summed E-state index contributed by atoms with van der Waals surface area (Å²) in [5, 5.41) is 21.9. The molecule has 1 heterocycles. The van der Waals surface area contributed by atoms with Crippen LogP contribution >= 0.6 is 0 Å². The first-order valence-corrected chi connectivity index (χ1v) is 6.41. The van der Waals surface area contributed by atoms with Crippen molar-refractivity contribution >= 4 is 5.82 Å². The van der Waals surface area contributed by atoms with Crippen molar-refractivity contribution in [3.8, 4) is 6.07 Å². The number of hydrogen-bond acceptors (Lipinski definition) is 4. The summed E-state index contributed by atoms with van der Waals surface area (Å²) in [7, 11) is 0. The molecule has 18 heavy (non-hydrogen) atoms. The molecule has 1 aliphatic carbocycles. The number of rotatable bonds is 3. The van der Waals surface area contributed by atoms with E-state index in [1.807, 2.05) is 19.9 Å². The number of nitriles is 1. The second-order valence-electron chi connectivity index (χ2n) is 5.04. The third-order valence-electron chi connectivity index (χ3n) is 3.67. The molecule has 1 aromatic rings. The van der Waals surface area contributed by atoms with Gasteiger partial charge in [0, 0.05) is 24.3 Å². The highest BCUT2D eigenvalue weighted by molar-refractivity contribution is 5.57. The molecule has 96 valence electrons. The number of aliphatic hydroxyl groups excluding tert-OH is 1. The summed E-state index contributed by atoms with van der Waals surface area (Å²) in [5.41, 5.74) is 2.47. The van der Waals surface area contributed by atoms with Gasteiger partial charge in [-0.1, -0.05) is 6.42 Å². The molecule has 0 bridgehead atoms. The predicted molar refractivity (Wildman–Crippen MR) is 70.3 cm³/mol. The van der Waals surface area contributed by atoms with Gasteiger partial charge >= 0.3 is 0 Å². The maximum atomic E-state index is 9.32. The highest BCUT2D eigenvalue weighted by Crippen LogP contribution is 2.29. The lowest BCUT2D eigenvalue weighted by Gasteiger charge is -2.21. The molecule has 1 aromatic heterocycles. The lowest BCUT2D eigenvalue weighted by molar-refractivity contribution is 0.222. The van der Waals surface area contributed by atoms with E-state index in [0.29, 0.717) is 11.4 Å². The Bertz CT molecular complexity index is 479. The Morgan fingerprint density at radius 2 is 2.28 bits per heavy atom. The molecule has 1 fully saturated rings. The van der Waals surface area contributed by atoms with Crippen LogP contribution in [-0.2, 0) is 0 Å². The van der Waals surface area contributed by atoms with E-state index >= 15 is 0 Å². The van der Waals surface area contributed by atoms with Crippen molar-refractivity contribution in [1.82, 2.24) is 4.98 Å². The summed E-state index contributed by atoms with van der Waals surface area (Å²) in [6.45, 7) is 4.05. The van der Waals surface area contributed by atoms with Crippen molar-refractivity contribution in [3.05, 3.63) is 22.9 Å². The van der Waals surface area contributed by atoms with E-state index < -0.39 is 0 Å². The lowest BCUT2D eigenvalue weighted by Crippen LogP contribution is -2.27. The van der Waals surface area contributed by atoms with Gasteiger partial charge < -0.3 is 10.4 Å². The first-order chi connectivity index (χ1) is 8.65. The smallest absolute Gasteiger partial charge is 0.144 e. The normalized spacial score (nSPS) is 22.8. The SMILES string of the molecule is Cc1cc(C)c(C#N)c(NC2CCCC2CO)n1. The highest BCUT2D eigenvalue weighted by atomic mass is 16.3. The summed E-state index contributed by atoms with van der Waals surface area (Å²) in [6, 6.07) is 4.36. The van der Waals surface area contributed by atoms with Gasteiger partial charge in [-0.05, 0) is 38.3 Å². The first kappa shape index (κ1) is 12.8. The van der Waals surface area contributed by atoms with E-state index in [4.69, 9.17) is 0 Å². The Kier molecular flexibility index (Phi) is 3.83. The van der Waals surface area contributed by atoms with Crippen LogP contribution in [0.3, 0.4) is 0 Å². The van der Waals surface area contributed by atoms with Crippen LogP contribution in [0.25, 0.3) is 0 Å².